The molecule has 0 saturated heterocycles. The third kappa shape index (κ3) is 4.10. The topological polar surface area (TPSA) is 20.2 Å². The molecule has 23 heavy (non-hydrogen) atoms. The van der Waals surface area contributed by atoms with Crippen LogP contribution in [0.1, 0.15) is 11.1 Å². The van der Waals surface area contributed by atoms with E-state index in [1.807, 2.05) is 48.5 Å². The van der Waals surface area contributed by atoms with Gasteiger partial charge in [0.15, 0.2) is 0 Å². The van der Waals surface area contributed by atoms with E-state index in [-0.39, 0.29) is 5.75 Å². The van der Waals surface area contributed by atoms with Gasteiger partial charge >= 0.3 is 0 Å². The Morgan fingerprint density at radius 1 is 0.652 bits per heavy atom. The van der Waals surface area contributed by atoms with Crippen molar-refractivity contribution in [2.75, 3.05) is 0 Å². The second kappa shape index (κ2) is 7.12. The molecule has 0 spiro atoms. The maximum absolute atomic E-state index is 9.57. The molecule has 1 nitrogen and oxygen atoms in total. The summed E-state index contributed by atoms with van der Waals surface area (Å²) in [4.78, 5) is 1.10. The summed E-state index contributed by atoms with van der Waals surface area (Å²) in [5.74, 6) is 1.90. The number of phenolic OH excluding ortho intramolecular Hbond substituents is 1. The van der Waals surface area contributed by atoms with Crippen LogP contribution >= 0.6 is 19.9 Å². The summed E-state index contributed by atoms with van der Waals surface area (Å²) in [7, 11) is 5.61. The molecule has 3 aromatic carbocycles. The van der Waals surface area contributed by atoms with Crippen molar-refractivity contribution in [3.05, 3.63) is 96.1 Å². The Kier molecular flexibility index (Phi) is 4.94. The van der Waals surface area contributed by atoms with Crippen molar-refractivity contribution < 1.29 is 5.11 Å². The number of hydrogen-bond donors (Lipinski definition) is 1. The molecule has 0 bridgehead atoms. The van der Waals surface area contributed by atoms with Crippen LogP contribution in [0.15, 0.2) is 89.8 Å². The summed E-state index contributed by atoms with van der Waals surface area (Å²) in [6, 6.07) is 28.0. The Morgan fingerprint density at radius 3 is 1.52 bits per heavy atom. The number of benzene rings is 3. The number of phenols is 1. The van der Waals surface area contributed by atoms with Gasteiger partial charge in [0.2, 0.25) is 0 Å². The van der Waals surface area contributed by atoms with Gasteiger partial charge in [0.1, 0.15) is 5.75 Å². The van der Waals surface area contributed by atoms with Gasteiger partial charge in [-0.15, -0.1) is 9.24 Å². The Labute approximate surface area is 143 Å². The first-order chi connectivity index (χ1) is 11.2. The van der Waals surface area contributed by atoms with E-state index in [0.29, 0.717) is 0 Å². The van der Waals surface area contributed by atoms with Crippen LogP contribution in [0.4, 0.5) is 0 Å². The molecule has 118 valence electrons. The van der Waals surface area contributed by atoms with Crippen LogP contribution in [0.5, 0.6) is 5.75 Å². The Morgan fingerprint density at radius 2 is 1.09 bits per heavy atom. The minimum atomic E-state index is -1.58. The van der Waals surface area contributed by atoms with Crippen LogP contribution in [-0.4, -0.2) is 5.11 Å². The van der Waals surface area contributed by atoms with Gasteiger partial charge in [-0.25, -0.2) is 0 Å². The van der Waals surface area contributed by atoms with Crippen molar-refractivity contribution >= 4 is 19.9 Å². The van der Waals surface area contributed by atoms with E-state index in [1.54, 1.807) is 12.1 Å². The SMILES string of the molecule is Oc1ccc(S(Cl)(Cc2ccccc2)Cc2ccccc2)cc1. The van der Waals surface area contributed by atoms with Crippen molar-refractivity contribution in [1.82, 2.24) is 0 Å². The minimum absolute atomic E-state index is 0.270. The van der Waals surface area contributed by atoms with E-state index < -0.39 is 9.24 Å². The third-order valence-corrected chi connectivity index (χ3v) is 7.62. The molecule has 0 saturated carbocycles. The normalized spacial score (nSPS) is 12.0. The molecule has 0 aromatic heterocycles. The number of aromatic hydroxyl groups is 1. The second-order valence-electron chi connectivity index (χ2n) is 5.54. The van der Waals surface area contributed by atoms with Crippen molar-refractivity contribution in [1.29, 1.82) is 0 Å². The fraction of sp³-hybridized carbons (Fsp3) is 0.100. The fourth-order valence-electron chi connectivity index (χ4n) is 2.58. The molecular weight excluding hydrogens is 324 g/mol. The smallest absolute Gasteiger partial charge is 0.115 e. The molecule has 0 heterocycles. The number of halogens is 1. The van der Waals surface area contributed by atoms with E-state index in [0.717, 1.165) is 16.4 Å². The molecule has 0 amide bonds. The highest BCUT2D eigenvalue weighted by atomic mass is 35.7. The van der Waals surface area contributed by atoms with Crippen LogP contribution < -0.4 is 0 Å². The molecular formula is C20H19ClOS. The Balaban J connectivity index is 1.96. The summed E-state index contributed by atoms with van der Waals surface area (Å²) in [6.07, 6.45) is 0. The summed E-state index contributed by atoms with van der Waals surface area (Å²) in [5, 5.41) is 9.57. The van der Waals surface area contributed by atoms with Gasteiger partial charge in [0.25, 0.3) is 0 Å². The molecule has 1 N–H and O–H groups in total. The highest BCUT2D eigenvalue weighted by molar-refractivity contribution is 8.50. The maximum atomic E-state index is 9.57. The molecule has 0 radical (unpaired) electrons. The van der Waals surface area contributed by atoms with E-state index in [2.05, 4.69) is 24.3 Å². The predicted octanol–water partition coefficient (Wildman–Crippen LogP) is 6.11. The average Bonchev–Trinajstić information content (AvgIpc) is 2.57. The van der Waals surface area contributed by atoms with Gasteiger partial charge in [-0.1, -0.05) is 71.3 Å². The molecule has 0 atom stereocenters. The summed E-state index contributed by atoms with van der Waals surface area (Å²) in [5.41, 5.74) is 2.48. The van der Waals surface area contributed by atoms with E-state index in [9.17, 15) is 5.11 Å². The highest BCUT2D eigenvalue weighted by Gasteiger charge is 2.25. The van der Waals surface area contributed by atoms with Gasteiger partial charge in [0.05, 0.1) is 0 Å². The standard InChI is InChI=1S/C20H19ClOS/c21-23(15-17-7-3-1-4-8-17,16-18-9-5-2-6-10-18)20-13-11-19(22)12-14-20/h1-14,22H,15-16H2. The molecule has 0 fully saturated rings. The summed E-state index contributed by atoms with van der Waals surface area (Å²) in [6.45, 7) is 0. The number of rotatable bonds is 5. The largest absolute Gasteiger partial charge is 0.508 e. The van der Waals surface area contributed by atoms with Crippen molar-refractivity contribution in [3.8, 4) is 5.75 Å². The Hall–Kier alpha value is -1.90. The quantitative estimate of drug-likeness (QED) is 0.593. The zero-order valence-electron chi connectivity index (χ0n) is 12.7. The van der Waals surface area contributed by atoms with Gasteiger partial charge < -0.3 is 5.11 Å². The van der Waals surface area contributed by atoms with Crippen LogP contribution in [0, 0.1) is 0 Å². The molecule has 3 rings (SSSR count). The molecule has 0 aliphatic rings. The lowest BCUT2D eigenvalue weighted by molar-refractivity contribution is 0.475. The van der Waals surface area contributed by atoms with E-state index in [1.165, 1.54) is 11.1 Å². The van der Waals surface area contributed by atoms with Gasteiger partial charge in [-0.05, 0) is 35.4 Å². The van der Waals surface area contributed by atoms with Gasteiger partial charge in [0, 0.05) is 16.4 Å². The first kappa shape index (κ1) is 16.0. The second-order valence-corrected chi connectivity index (χ2v) is 9.94. The first-order valence-corrected chi connectivity index (χ1v) is 10.3. The molecule has 0 aliphatic heterocycles. The Bertz CT molecular complexity index is 700. The summed E-state index contributed by atoms with van der Waals surface area (Å²) >= 11 is 0. The van der Waals surface area contributed by atoms with Crippen molar-refractivity contribution in [2.24, 2.45) is 0 Å². The molecule has 0 aliphatic carbocycles. The van der Waals surface area contributed by atoms with Crippen LogP contribution in [0.25, 0.3) is 0 Å². The first-order valence-electron chi connectivity index (χ1n) is 7.51. The molecule has 3 heteroatoms. The molecule has 0 unspecified atom stereocenters. The van der Waals surface area contributed by atoms with Crippen molar-refractivity contribution in [2.45, 2.75) is 16.4 Å². The minimum Gasteiger partial charge on any atom is -0.508 e. The summed E-state index contributed by atoms with van der Waals surface area (Å²) < 4.78 is 0. The van der Waals surface area contributed by atoms with Gasteiger partial charge in [-0.3, -0.25) is 0 Å². The van der Waals surface area contributed by atoms with E-state index >= 15 is 0 Å². The van der Waals surface area contributed by atoms with E-state index in [4.69, 9.17) is 10.7 Å². The van der Waals surface area contributed by atoms with Crippen LogP contribution in [0.3, 0.4) is 0 Å². The zero-order chi connectivity index (χ0) is 16.1. The lowest BCUT2D eigenvalue weighted by Gasteiger charge is -2.34. The third-order valence-electron chi connectivity index (χ3n) is 3.74. The monoisotopic (exact) mass is 342 g/mol. The van der Waals surface area contributed by atoms with Crippen LogP contribution in [-0.2, 0) is 11.5 Å². The maximum Gasteiger partial charge on any atom is 0.115 e. The highest BCUT2D eigenvalue weighted by Crippen LogP contribution is 2.65. The average molecular weight is 343 g/mol. The molecule has 3 aromatic rings. The fourth-order valence-corrected chi connectivity index (χ4v) is 6.15. The lowest BCUT2D eigenvalue weighted by Crippen LogP contribution is -2.02. The van der Waals surface area contributed by atoms with Crippen LogP contribution in [0.2, 0.25) is 0 Å². The number of hydrogen-bond acceptors (Lipinski definition) is 1. The lowest BCUT2D eigenvalue weighted by atomic mass is 10.2. The predicted molar refractivity (Wildman–Crippen MR) is 100 cm³/mol. The van der Waals surface area contributed by atoms with Gasteiger partial charge in [-0.2, -0.15) is 0 Å². The van der Waals surface area contributed by atoms with Crippen molar-refractivity contribution in [3.63, 3.8) is 0 Å². The zero-order valence-corrected chi connectivity index (χ0v) is 14.3.